The van der Waals surface area contributed by atoms with Gasteiger partial charge in [-0.15, -0.1) is 0 Å². The lowest BCUT2D eigenvalue weighted by Gasteiger charge is -2.22. The normalized spacial score (nSPS) is 16.4. The minimum absolute atomic E-state index is 0.643. The smallest absolute Gasteiger partial charge is 0.224 e. The lowest BCUT2D eigenvalue weighted by molar-refractivity contribution is 0.798. The SMILES string of the molecule is CCCNc1ncc(Cl)c(N2CCCSCC2)n1. The molecule has 0 spiro atoms. The van der Waals surface area contributed by atoms with E-state index in [9.17, 15) is 0 Å². The van der Waals surface area contributed by atoms with Crippen molar-refractivity contribution in [2.75, 3.05) is 41.4 Å². The molecule has 1 aliphatic rings. The van der Waals surface area contributed by atoms with Crippen LogP contribution >= 0.6 is 23.4 Å². The first kappa shape index (κ1) is 13.7. The summed E-state index contributed by atoms with van der Waals surface area (Å²) >= 11 is 8.21. The van der Waals surface area contributed by atoms with Crippen LogP contribution in [-0.4, -0.2) is 41.1 Å². The van der Waals surface area contributed by atoms with E-state index in [2.05, 4.69) is 27.1 Å². The van der Waals surface area contributed by atoms with E-state index in [1.54, 1.807) is 6.20 Å². The first-order chi connectivity index (χ1) is 8.81. The molecule has 18 heavy (non-hydrogen) atoms. The predicted molar refractivity (Wildman–Crippen MR) is 80.0 cm³/mol. The van der Waals surface area contributed by atoms with E-state index in [4.69, 9.17) is 11.6 Å². The largest absolute Gasteiger partial charge is 0.354 e. The highest BCUT2D eigenvalue weighted by molar-refractivity contribution is 7.99. The van der Waals surface area contributed by atoms with Crippen LogP contribution in [0.15, 0.2) is 6.20 Å². The molecule has 1 fully saturated rings. The molecule has 2 heterocycles. The monoisotopic (exact) mass is 286 g/mol. The van der Waals surface area contributed by atoms with Crippen molar-refractivity contribution < 1.29 is 0 Å². The van der Waals surface area contributed by atoms with Crippen LogP contribution in [0.2, 0.25) is 5.02 Å². The third-order valence-electron chi connectivity index (χ3n) is 2.78. The van der Waals surface area contributed by atoms with E-state index in [0.29, 0.717) is 11.0 Å². The summed E-state index contributed by atoms with van der Waals surface area (Å²) in [6.45, 7) is 5.04. The fourth-order valence-electron chi connectivity index (χ4n) is 1.86. The van der Waals surface area contributed by atoms with Crippen molar-refractivity contribution in [1.29, 1.82) is 0 Å². The average Bonchev–Trinajstić information content (AvgIpc) is 2.66. The highest BCUT2D eigenvalue weighted by Crippen LogP contribution is 2.25. The van der Waals surface area contributed by atoms with Gasteiger partial charge in [0.15, 0.2) is 5.82 Å². The molecule has 1 N–H and O–H groups in total. The number of halogens is 1. The average molecular weight is 287 g/mol. The van der Waals surface area contributed by atoms with Crippen molar-refractivity contribution in [2.24, 2.45) is 0 Å². The number of hydrogen-bond acceptors (Lipinski definition) is 5. The highest BCUT2D eigenvalue weighted by Gasteiger charge is 2.15. The Morgan fingerprint density at radius 3 is 3.17 bits per heavy atom. The molecule has 100 valence electrons. The van der Waals surface area contributed by atoms with Crippen molar-refractivity contribution in [1.82, 2.24) is 9.97 Å². The number of anilines is 2. The van der Waals surface area contributed by atoms with Gasteiger partial charge in [-0.2, -0.15) is 16.7 Å². The maximum absolute atomic E-state index is 6.22. The number of rotatable bonds is 4. The van der Waals surface area contributed by atoms with Gasteiger partial charge < -0.3 is 10.2 Å². The summed E-state index contributed by atoms with van der Waals surface area (Å²) in [6, 6.07) is 0. The van der Waals surface area contributed by atoms with Gasteiger partial charge in [0.25, 0.3) is 0 Å². The summed E-state index contributed by atoms with van der Waals surface area (Å²) in [5.74, 6) is 3.90. The highest BCUT2D eigenvalue weighted by atomic mass is 35.5. The van der Waals surface area contributed by atoms with E-state index >= 15 is 0 Å². The van der Waals surface area contributed by atoms with Gasteiger partial charge in [-0.3, -0.25) is 0 Å². The number of nitrogens with one attached hydrogen (secondary N) is 1. The Labute approximate surface area is 118 Å². The van der Waals surface area contributed by atoms with E-state index in [1.807, 2.05) is 11.8 Å². The summed E-state index contributed by atoms with van der Waals surface area (Å²) in [7, 11) is 0. The maximum Gasteiger partial charge on any atom is 0.224 e. The summed E-state index contributed by atoms with van der Waals surface area (Å²) in [5, 5.41) is 3.85. The van der Waals surface area contributed by atoms with Crippen molar-refractivity contribution in [2.45, 2.75) is 19.8 Å². The minimum atomic E-state index is 0.643. The molecule has 0 radical (unpaired) electrons. The number of aromatic nitrogens is 2. The fourth-order valence-corrected chi connectivity index (χ4v) is 2.96. The van der Waals surface area contributed by atoms with Gasteiger partial charge in [0.2, 0.25) is 5.95 Å². The lowest BCUT2D eigenvalue weighted by Crippen LogP contribution is -2.27. The van der Waals surface area contributed by atoms with Crippen molar-refractivity contribution >= 4 is 35.1 Å². The molecule has 1 aromatic heterocycles. The standard InChI is InChI=1S/C12H19ClN4S/c1-2-4-14-12-15-9-10(13)11(16-12)17-5-3-7-18-8-6-17/h9H,2-8H2,1H3,(H,14,15,16). The second kappa shape index (κ2) is 7.04. The fraction of sp³-hybridized carbons (Fsp3) is 0.667. The Balaban J connectivity index is 2.13. The molecular formula is C12H19ClN4S. The molecule has 0 aliphatic carbocycles. The van der Waals surface area contributed by atoms with Crippen LogP contribution in [0.1, 0.15) is 19.8 Å². The summed E-state index contributed by atoms with van der Waals surface area (Å²) in [5.41, 5.74) is 0. The van der Waals surface area contributed by atoms with Crippen LogP contribution in [-0.2, 0) is 0 Å². The number of thioether (sulfide) groups is 1. The Hall–Kier alpha value is -0.680. The van der Waals surface area contributed by atoms with Gasteiger partial charge in [0.05, 0.1) is 6.20 Å². The zero-order valence-electron chi connectivity index (χ0n) is 10.7. The summed E-state index contributed by atoms with van der Waals surface area (Å²) in [4.78, 5) is 11.0. The van der Waals surface area contributed by atoms with Crippen LogP contribution in [0, 0.1) is 0 Å². The lowest BCUT2D eigenvalue weighted by atomic mass is 10.4. The molecule has 1 aromatic rings. The quantitative estimate of drug-likeness (QED) is 0.922. The molecule has 0 atom stereocenters. The van der Waals surface area contributed by atoms with Crippen LogP contribution in [0.5, 0.6) is 0 Å². The van der Waals surface area contributed by atoms with Crippen LogP contribution in [0.25, 0.3) is 0 Å². The van der Waals surface area contributed by atoms with Crippen molar-refractivity contribution in [3.8, 4) is 0 Å². The van der Waals surface area contributed by atoms with Crippen LogP contribution < -0.4 is 10.2 Å². The Bertz CT molecular complexity index is 380. The zero-order chi connectivity index (χ0) is 12.8. The summed E-state index contributed by atoms with van der Waals surface area (Å²) in [6.07, 6.45) is 3.93. The third kappa shape index (κ3) is 3.65. The van der Waals surface area contributed by atoms with E-state index in [1.165, 1.54) is 12.2 Å². The van der Waals surface area contributed by atoms with E-state index in [-0.39, 0.29) is 0 Å². The van der Waals surface area contributed by atoms with Gasteiger partial charge in [-0.05, 0) is 18.6 Å². The molecule has 0 bridgehead atoms. The molecule has 1 aliphatic heterocycles. The van der Waals surface area contributed by atoms with Gasteiger partial charge >= 0.3 is 0 Å². The van der Waals surface area contributed by atoms with Crippen molar-refractivity contribution in [3.05, 3.63) is 11.2 Å². The molecule has 6 heteroatoms. The molecule has 0 unspecified atom stereocenters. The number of nitrogens with zero attached hydrogens (tertiary/aromatic N) is 3. The molecule has 4 nitrogen and oxygen atoms in total. The third-order valence-corrected chi connectivity index (χ3v) is 4.10. The van der Waals surface area contributed by atoms with Crippen LogP contribution in [0.3, 0.4) is 0 Å². The molecular weight excluding hydrogens is 268 g/mol. The summed E-state index contributed by atoms with van der Waals surface area (Å²) < 4.78 is 0. The minimum Gasteiger partial charge on any atom is -0.354 e. The second-order valence-corrected chi connectivity index (χ2v) is 5.88. The van der Waals surface area contributed by atoms with Gasteiger partial charge in [-0.25, -0.2) is 4.98 Å². The molecule has 0 saturated carbocycles. The van der Waals surface area contributed by atoms with Crippen molar-refractivity contribution in [3.63, 3.8) is 0 Å². The maximum atomic E-state index is 6.22. The second-order valence-electron chi connectivity index (χ2n) is 4.24. The van der Waals surface area contributed by atoms with Gasteiger partial charge in [0, 0.05) is 25.4 Å². The van der Waals surface area contributed by atoms with Gasteiger partial charge in [-0.1, -0.05) is 18.5 Å². The molecule has 1 saturated heterocycles. The first-order valence-electron chi connectivity index (χ1n) is 6.40. The predicted octanol–water partition coefficient (Wildman–Crippen LogP) is 2.90. The molecule has 2 rings (SSSR count). The van der Waals surface area contributed by atoms with Gasteiger partial charge in [0.1, 0.15) is 5.02 Å². The first-order valence-corrected chi connectivity index (χ1v) is 7.93. The molecule has 0 aromatic carbocycles. The number of hydrogen-bond donors (Lipinski definition) is 1. The van der Waals surface area contributed by atoms with Crippen LogP contribution in [0.4, 0.5) is 11.8 Å². The Morgan fingerprint density at radius 2 is 2.33 bits per heavy atom. The van der Waals surface area contributed by atoms with E-state index in [0.717, 1.165) is 37.6 Å². The van der Waals surface area contributed by atoms with E-state index < -0.39 is 0 Å². The Morgan fingerprint density at radius 1 is 1.44 bits per heavy atom. The Kier molecular flexibility index (Phi) is 5.38. The molecule has 0 amide bonds. The zero-order valence-corrected chi connectivity index (χ0v) is 12.2. The topological polar surface area (TPSA) is 41.1 Å².